The first kappa shape index (κ1) is 11.4. The highest BCUT2D eigenvalue weighted by molar-refractivity contribution is 8.00. The molecular weight excluding hydrogens is 218 g/mol. The summed E-state index contributed by atoms with van der Waals surface area (Å²) in [5.74, 6) is 0.520. The lowest BCUT2D eigenvalue weighted by Gasteiger charge is -2.09. The van der Waals surface area contributed by atoms with Crippen molar-refractivity contribution >= 4 is 29.3 Å². The van der Waals surface area contributed by atoms with E-state index in [4.69, 9.17) is 11.6 Å². The van der Waals surface area contributed by atoms with Crippen LogP contribution in [-0.2, 0) is 4.79 Å². The van der Waals surface area contributed by atoms with E-state index in [9.17, 15) is 4.79 Å². The van der Waals surface area contributed by atoms with E-state index in [1.807, 2.05) is 24.3 Å². The summed E-state index contributed by atoms with van der Waals surface area (Å²) in [7, 11) is 3.49. The minimum atomic E-state index is 0.0925. The number of benzene rings is 1. The molecule has 0 spiro atoms. The summed E-state index contributed by atoms with van der Waals surface area (Å²) in [5, 5.41) is 0.698. The number of carbonyl (C=O) groups is 1. The average Bonchev–Trinajstić information content (AvgIpc) is 2.16. The molecule has 0 saturated carbocycles. The van der Waals surface area contributed by atoms with Crippen LogP contribution in [0.2, 0.25) is 5.02 Å². The molecule has 0 saturated heterocycles. The quantitative estimate of drug-likeness (QED) is 0.743. The third-order valence-corrected chi connectivity index (χ3v) is 3.19. The van der Waals surface area contributed by atoms with Gasteiger partial charge < -0.3 is 4.90 Å². The first-order valence-electron chi connectivity index (χ1n) is 4.18. The Hall–Kier alpha value is -0.670. The van der Waals surface area contributed by atoms with Crippen LogP contribution in [0.1, 0.15) is 0 Å². The van der Waals surface area contributed by atoms with E-state index in [0.29, 0.717) is 10.8 Å². The molecule has 1 aromatic carbocycles. The van der Waals surface area contributed by atoms with Gasteiger partial charge in [0, 0.05) is 19.0 Å². The van der Waals surface area contributed by atoms with Gasteiger partial charge in [-0.15, -0.1) is 11.8 Å². The zero-order chi connectivity index (χ0) is 10.6. The zero-order valence-electron chi connectivity index (χ0n) is 8.16. The van der Waals surface area contributed by atoms with Gasteiger partial charge in [0.2, 0.25) is 5.91 Å². The standard InChI is InChI=1S/C10H12ClNOS/c1-12(2)10(13)7-14-9-6-4-3-5-8(9)11/h3-6H,7H2,1-2H3. The highest BCUT2D eigenvalue weighted by Crippen LogP contribution is 2.26. The van der Waals surface area contributed by atoms with E-state index in [1.54, 1.807) is 19.0 Å². The smallest absolute Gasteiger partial charge is 0.232 e. The molecule has 76 valence electrons. The monoisotopic (exact) mass is 229 g/mol. The zero-order valence-corrected chi connectivity index (χ0v) is 9.73. The number of rotatable bonds is 3. The first-order valence-corrected chi connectivity index (χ1v) is 5.55. The summed E-state index contributed by atoms with van der Waals surface area (Å²) in [6.45, 7) is 0. The van der Waals surface area contributed by atoms with Crippen LogP contribution < -0.4 is 0 Å². The van der Waals surface area contributed by atoms with Crippen LogP contribution in [0.5, 0.6) is 0 Å². The number of nitrogens with zero attached hydrogens (tertiary/aromatic N) is 1. The Balaban J connectivity index is 2.54. The van der Waals surface area contributed by atoms with Crippen molar-refractivity contribution < 1.29 is 4.79 Å². The molecule has 0 aromatic heterocycles. The molecule has 1 amide bonds. The van der Waals surface area contributed by atoms with Gasteiger partial charge in [-0.25, -0.2) is 0 Å². The summed E-state index contributed by atoms with van der Waals surface area (Å²) in [4.78, 5) is 13.8. The second-order valence-corrected chi connectivity index (χ2v) is 4.43. The molecule has 0 N–H and O–H groups in total. The summed E-state index contributed by atoms with van der Waals surface area (Å²) in [6, 6.07) is 7.52. The molecule has 0 aliphatic carbocycles. The summed E-state index contributed by atoms with van der Waals surface area (Å²) >= 11 is 7.40. The van der Waals surface area contributed by atoms with Crippen LogP contribution in [0.15, 0.2) is 29.2 Å². The van der Waals surface area contributed by atoms with Gasteiger partial charge in [-0.3, -0.25) is 4.79 Å². The molecule has 0 atom stereocenters. The Morgan fingerprint density at radius 1 is 1.43 bits per heavy atom. The Kier molecular flexibility index (Phi) is 4.29. The van der Waals surface area contributed by atoms with Gasteiger partial charge >= 0.3 is 0 Å². The van der Waals surface area contributed by atoms with Gasteiger partial charge in [0.15, 0.2) is 0 Å². The molecular formula is C10H12ClNOS. The normalized spacial score (nSPS) is 9.93. The van der Waals surface area contributed by atoms with Crippen molar-refractivity contribution in [2.24, 2.45) is 0 Å². The third-order valence-electron chi connectivity index (χ3n) is 1.69. The van der Waals surface area contributed by atoms with Gasteiger partial charge in [-0.05, 0) is 12.1 Å². The van der Waals surface area contributed by atoms with Gasteiger partial charge in [-0.1, -0.05) is 23.7 Å². The van der Waals surface area contributed by atoms with Gasteiger partial charge in [0.05, 0.1) is 10.8 Å². The highest BCUT2D eigenvalue weighted by Gasteiger charge is 2.06. The topological polar surface area (TPSA) is 20.3 Å². The number of thioether (sulfide) groups is 1. The summed E-state index contributed by atoms with van der Waals surface area (Å²) < 4.78 is 0. The molecule has 0 aliphatic rings. The number of carbonyl (C=O) groups excluding carboxylic acids is 1. The molecule has 2 nitrogen and oxygen atoms in total. The lowest BCUT2D eigenvalue weighted by Crippen LogP contribution is -2.23. The number of hydrogen-bond donors (Lipinski definition) is 0. The van der Waals surface area contributed by atoms with Crippen LogP contribution >= 0.6 is 23.4 Å². The van der Waals surface area contributed by atoms with Crippen molar-refractivity contribution in [3.8, 4) is 0 Å². The molecule has 4 heteroatoms. The number of amides is 1. The Morgan fingerprint density at radius 3 is 2.64 bits per heavy atom. The van der Waals surface area contributed by atoms with Crippen LogP contribution in [0.3, 0.4) is 0 Å². The van der Waals surface area contributed by atoms with Gasteiger partial charge in [0.25, 0.3) is 0 Å². The van der Waals surface area contributed by atoms with E-state index < -0.39 is 0 Å². The molecule has 0 bridgehead atoms. The third kappa shape index (κ3) is 3.24. The molecule has 14 heavy (non-hydrogen) atoms. The fraction of sp³-hybridized carbons (Fsp3) is 0.300. The van der Waals surface area contributed by atoms with Crippen LogP contribution in [0.4, 0.5) is 0 Å². The van der Waals surface area contributed by atoms with E-state index in [0.717, 1.165) is 4.90 Å². The largest absolute Gasteiger partial charge is 0.348 e. The summed E-state index contributed by atoms with van der Waals surface area (Å²) in [5.41, 5.74) is 0. The van der Waals surface area contributed by atoms with Crippen molar-refractivity contribution in [2.75, 3.05) is 19.8 Å². The minimum absolute atomic E-state index is 0.0925. The van der Waals surface area contributed by atoms with Gasteiger partial charge in [-0.2, -0.15) is 0 Å². The van der Waals surface area contributed by atoms with Crippen molar-refractivity contribution in [2.45, 2.75) is 4.90 Å². The first-order chi connectivity index (χ1) is 6.61. The van der Waals surface area contributed by atoms with Crippen molar-refractivity contribution in [1.29, 1.82) is 0 Å². The second kappa shape index (κ2) is 5.27. The molecule has 0 fully saturated rings. The lowest BCUT2D eigenvalue weighted by molar-refractivity contribution is -0.125. The lowest BCUT2D eigenvalue weighted by atomic mass is 10.4. The maximum atomic E-state index is 11.3. The van der Waals surface area contributed by atoms with Crippen molar-refractivity contribution in [1.82, 2.24) is 4.90 Å². The SMILES string of the molecule is CN(C)C(=O)CSc1ccccc1Cl. The second-order valence-electron chi connectivity index (χ2n) is 3.01. The predicted molar refractivity (Wildman–Crippen MR) is 60.9 cm³/mol. The molecule has 0 heterocycles. The Bertz CT molecular complexity index is 328. The van der Waals surface area contributed by atoms with Gasteiger partial charge in [0.1, 0.15) is 0 Å². The molecule has 0 radical (unpaired) electrons. The fourth-order valence-corrected chi connectivity index (χ4v) is 2.05. The number of hydrogen-bond acceptors (Lipinski definition) is 2. The Labute approximate surface area is 93.2 Å². The Morgan fingerprint density at radius 2 is 2.07 bits per heavy atom. The average molecular weight is 230 g/mol. The van der Waals surface area contributed by atoms with Crippen LogP contribution in [0.25, 0.3) is 0 Å². The maximum Gasteiger partial charge on any atom is 0.232 e. The number of halogens is 1. The van der Waals surface area contributed by atoms with Crippen molar-refractivity contribution in [3.05, 3.63) is 29.3 Å². The predicted octanol–water partition coefficient (Wildman–Crippen LogP) is 2.52. The van der Waals surface area contributed by atoms with E-state index in [2.05, 4.69) is 0 Å². The van der Waals surface area contributed by atoms with E-state index in [1.165, 1.54) is 11.8 Å². The molecule has 1 rings (SSSR count). The highest BCUT2D eigenvalue weighted by atomic mass is 35.5. The summed E-state index contributed by atoms with van der Waals surface area (Å²) in [6.07, 6.45) is 0. The van der Waals surface area contributed by atoms with Crippen LogP contribution in [0, 0.1) is 0 Å². The molecule has 1 aromatic rings. The van der Waals surface area contributed by atoms with E-state index >= 15 is 0 Å². The maximum absolute atomic E-state index is 11.3. The van der Waals surface area contributed by atoms with E-state index in [-0.39, 0.29) is 5.91 Å². The fourth-order valence-electron chi connectivity index (χ4n) is 0.830. The van der Waals surface area contributed by atoms with Crippen molar-refractivity contribution in [3.63, 3.8) is 0 Å². The molecule has 0 aliphatic heterocycles. The minimum Gasteiger partial charge on any atom is -0.348 e. The molecule has 0 unspecified atom stereocenters. The van der Waals surface area contributed by atoms with Crippen LogP contribution in [-0.4, -0.2) is 30.7 Å².